The van der Waals surface area contributed by atoms with Crippen molar-refractivity contribution in [2.45, 2.75) is 31.5 Å². The number of ketones is 1. The second-order valence-electron chi connectivity index (χ2n) is 5.25. The molecule has 0 amide bonds. The molecule has 2 fully saturated rings. The summed E-state index contributed by atoms with van der Waals surface area (Å²) in [5.74, 6) is -1.47. The van der Waals surface area contributed by atoms with Crippen LogP contribution >= 0.6 is 0 Å². The van der Waals surface area contributed by atoms with E-state index in [1.165, 1.54) is 14.2 Å². The first kappa shape index (κ1) is 12.3. The van der Waals surface area contributed by atoms with Gasteiger partial charge in [-0.15, -0.1) is 0 Å². The number of rotatable bonds is 2. The first-order valence-corrected chi connectivity index (χ1v) is 6.06. The predicted molar refractivity (Wildman–Crippen MR) is 61.0 cm³/mol. The smallest absolute Gasteiger partial charge is 0.337 e. The highest BCUT2D eigenvalue weighted by molar-refractivity contribution is 6.14. The molecule has 1 spiro atoms. The van der Waals surface area contributed by atoms with E-state index in [1.807, 2.05) is 0 Å². The lowest BCUT2D eigenvalue weighted by molar-refractivity contribution is -0.141. The maximum Gasteiger partial charge on any atom is 0.337 e. The van der Waals surface area contributed by atoms with E-state index in [0.29, 0.717) is 12.8 Å². The van der Waals surface area contributed by atoms with Gasteiger partial charge in [0.15, 0.2) is 11.9 Å². The molecule has 102 valence electrons. The number of esters is 2. The standard InChI is InChI=1S/C13H14O6/c1-12-7(11(16)18-3)6(10(15)17-2)8(19-12)9(14)13(12)4-5-13/h8H,4-5H2,1-3H3. The van der Waals surface area contributed by atoms with Crippen molar-refractivity contribution in [2.24, 2.45) is 5.41 Å². The Bertz CT molecular complexity index is 541. The molecule has 1 saturated heterocycles. The highest BCUT2D eigenvalue weighted by atomic mass is 16.6. The topological polar surface area (TPSA) is 78.9 Å². The number of hydrogen-bond acceptors (Lipinski definition) is 6. The highest BCUT2D eigenvalue weighted by Gasteiger charge is 2.77. The van der Waals surface area contributed by atoms with Gasteiger partial charge in [-0.2, -0.15) is 0 Å². The van der Waals surface area contributed by atoms with Crippen LogP contribution < -0.4 is 0 Å². The normalized spacial score (nSPS) is 33.8. The molecule has 2 aliphatic heterocycles. The maximum absolute atomic E-state index is 12.3. The average molecular weight is 266 g/mol. The molecule has 0 aromatic carbocycles. The van der Waals surface area contributed by atoms with Crippen LogP contribution in [-0.4, -0.2) is 43.6 Å². The van der Waals surface area contributed by atoms with Crippen molar-refractivity contribution in [1.29, 1.82) is 0 Å². The number of fused-ring (bicyclic) bond motifs is 3. The quantitative estimate of drug-likeness (QED) is 0.662. The van der Waals surface area contributed by atoms with Crippen LogP contribution in [-0.2, 0) is 28.6 Å². The Morgan fingerprint density at radius 1 is 1.21 bits per heavy atom. The Hall–Kier alpha value is -1.69. The van der Waals surface area contributed by atoms with Gasteiger partial charge >= 0.3 is 11.9 Å². The molecule has 2 atom stereocenters. The van der Waals surface area contributed by atoms with Gasteiger partial charge in [-0.3, -0.25) is 4.79 Å². The van der Waals surface area contributed by atoms with Crippen LogP contribution in [0, 0.1) is 5.41 Å². The summed E-state index contributed by atoms with van der Waals surface area (Å²) in [5, 5.41) is 0. The van der Waals surface area contributed by atoms with Gasteiger partial charge in [0, 0.05) is 0 Å². The van der Waals surface area contributed by atoms with Gasteiger partial charge in [0.25, 0.3) is 0 Å². The summed E-state index contributed by atoms with van der Waals surface area (Å²) in [4.78, 5) is 36.1. The fourth-order valence-corrected chi connectivity index (χ4v) is 3.34. The summed E-state index contributed by atoms with van der Waals surface area (Å²) in [5.41, 5.74) is -1.58. The third-order valence-corrected chi connectivity index (χ3v) is 4.53. The van der Waals surface area contributed by atoms with Crippen molar-refractivity contribution in [3.63, 3.8) is 0 Å². The molecular formula is C13H14O6. The number of carbonyl (C=O) groups is 3. The number of Topliss-reactive ketones (excluding diaryl/α,β-unsaturated/α-hetero) is 1. The van der Waals surface area contributed by atoms with Crippen LogP contribution in [0.25, 0.3) is 0 Å². The molecule has 0 radical (unpaired) electrons. The van der Waals surface area contributed by atoms with Gasteiger partial charge in [0.1, 0.15) is 5.60 Å². The van der Waals surface area contributed by atoms with Crippen LogP contribution in [0.5, 0.6) is 0 Å². The van der Waals surface area contributed by atoms with Crippen LogP contribution in [0.15, 0.2) is 11.1 Å². The number of ether oxygens (including phenoxy) is 3. The molecule has 6 heteroatoms. The summed E-state index contributed by atoms with van der Waals surface area (Å²) in [6.45, 7) is 1.68. The van der Waals surface area contributed by atoms with Crippen molar-refractivity contribution in [2.75, 3.05) is 14.2 Å². The van der Waals surface area contributed by atoms with Gasteiger partial charge in [-0.25, -0.2) is 9.59 Å². The van der Waals surface area contributed by atoms with E-state index >= 15 is 0 Å². The monoisotopic (exact) mass is 266 g/mol. The zero-order valence-corrected chi connectivity index (χ0v) is 10.9. The van der Waals surface area contributed by atoms with Gasteiger partial charge in [-0.1, -0.05) is 0 Å². The van der Waals surface area contributed by atoms with Gasteiger partial charge in [0.05, 0.1) is 30.8 Å². The Morgan fingerprint density at radius 3 is 2.26 bits per heavy atom. The lowest BCUT2D eigenvalue weighted by Crippen LogP contribution is -2.44. The molecule has 0 aromatic heterocycles. The molecule has 2 bridgehead atoms. The molecule has 0 N–H and O–H groups in total. The Morgan fingerprint density at radius 2 is 1.79 bits per heavy atom. The van der Waals surface area contributed by atoms with E-state index in [1.54, 1.807) is 6.92 Å². The molecule has 19 heavy (non-hydrogen) atoms. The predicted octanol–water partition coefficient (Wildman–Crippen LogP) is 0.149. The van der Waals surface area contributed by atoms with Gasteiger partial charge in [-0.05, 0) is 19.8 Å². The number of methoxy groups -OCH3 is 2. The lowest BCUT2D eigenvalue weighted by atomic mass is 9.72. The molecule has 2 unspecified atom stereocenters. The zero-order valence-electron chi connectivity index (χ0n) is 10.9. The minimum atomic E-state index is -1.06. The third kappa shape index (κ3) is 1.18. The second-order valence-corrected chi connectivity index (χ2v) is 5.25. The summed E-state index contributed by atoms with van der Waals surface area (Å²) in [7, 11) is 2.44. The summed E-state index contributed by atoms with van der Waals surface area (Å²) >= 11 is 0. The van der Waals surface area contributed by atoms with E-state index < -0.39 is 29.1 Å². The first-order valence-electron chi connectivity index (χ1n) is 6.06. The Kier molecular flexibility index (Phi) is 2.24. The second kappa shape index (κ2) is 3.45. The first-order chi connectivity index (χ1) is 8.93. The molecule has 3 rings (SSSR count). The molecule has 1 aliphatic carbocycles. The molecule has 3 aliphatic rings. The molecular weight excluding hydrogens is 252 g/mol. The van der Waals surface area contributed by atoms with E-state index in [-0.39, 0.29) is 16.9 Å². The van der Waals surface area contributed by atoms with Crippen LogP contribution in [0.3, 0.4) is 0 Å². The largest absolute Gasteiger partial charge is 0.466 e. The molecule has 2 heterocycles. The number of carbonyl (C=O) groups excluding carboxylic acids is 3. The van der Waals surface area contributed by atoms with Crippen molar-refractivity contribution >= 4 is 17.7 Å². The van der Waals surface area contributed by atoms with Crippen molar-refractivity contribution in [1.82, 2.24) is 0 Å². The van der Waals surface area contributed by atoms with Gasteiger partial charge in [0.2, 0.25) is 0 Å². The molecule has 1 saturated carbocycles. The van der Waals surface area contributed by atoms with Crippen LogP contribution in [0.1, 0.15) is 19.8 Å². The fraction of sp³-hybridized carbons (Fsp3) is 0.615. The van der Waals surface area contributed by atoms with Gasteiger partial charge < -0.3 is 14.2 Å². The minimum absolute atomic E-state index is 0.000579. The molecule has 6 nitrogen and oxygen atoms in total. The Labute approximate surface area is 109 Å². The van der Waals surface area contributed by atoms with Crippen molar-refractivity contribution < 1.29 is 28.6 Å². The van der Waals surface area contributed by atoms with Crippen LogP contribution in [0.2, 0.25) is 0 Å². The highest BCUT2D eigenvalue weighted by Crippen LogP contribution is 2.68. The Balaban J connectivity index is 2.20. The fourth-order valence-electron chi connectivity index (χ4n) is 3.34. The van der Waals surface area contributed by atoms with Crippen molar-refractivity contribution in [3.8, 4) is 0 Å². The minimum Gasteiger partial charge on any atom is -0.466 e. The number of hydrogen-bond donors (Lipinski definition) is 0. The van der Waals surface area contributed by atoms with E-state index in [2.05, 4.69) is 4.74 Å². The summed E-state index contributed by atoms with van der Waals surface area (Å²) < 4.78 is 15.1. The molecule has 0 aromatic rings. The van der Waals surface area contributed by atoms with E-state index in [0.717, 1.165) is 0 Å². The van der Waals surface area contributed by atoms with Crippen molar-refractivity contribution in [3.05, 3.63) is 11.1 Å². The summed E-state index contributed by atoms with van der Waals surface area (Å²) in [6, 6.07) is 0. The van der Waals surface area contributed by atoms with E-state index in [4.69, 9.17) is 9.47 Å². The average Bonchev–Trinajstić information content (AvgIpc) is 3.11. The van der Waals surface area contributed by atoms with E-state index in [9.17, 15) is 14.4 Å². The lowest BCUT2D eigenvalue weighted by Gasteiger charge is -2.29. The third-order valence-electron chi connectivity index (χ3n) is 4.53. The van der Waals surface area contributed by atoms with Crippen LogP contribution in [0.4, 0.5) is 0 Å². The summed E-state index contributed by atoms with van der Waals surface area (Å²) in [6.07, 6.45) is 0.357. The maximum atomic E-state index is 12.3. The SMILES string of the molecule is COC(=O)C1=C(C(=O)OC)C2(C)OC1C(=O)C21CC1. The zero-order chi connectivity index (χ0) is 14.0.